The Hall–Kier alpha value is -3.06. The molecule has 170 valence electrons. The van der Waals surface area contributed by atoms with Gasteiger partial charge in [-0.2, -0.15) is 0 Å². The van der Waals surface area contributed by atoms with Crippen LogP contribution in [-0.2, 0) is 6.54 Å². The second-order valence-corrected chi connectivity index (χ2v) is 8.24. The van der Waals surface area contributed by atoms with Crippen molar-refractivity contribution in [2.75, 3.05) is 33.3 Å². The molecule has 1 saturated heterocycles. The van der Waals surface area contributed by atoms with E-state index in [1.54, 1.807) is 7.11 Å². The molecule has 0 saturated carbocycles. The molecule has 7 heteroatoms. The summed E-state index contributed by atoms with van der Waals surface area (Å²) in [5, 5.41) is 6.95. The third kappa shape index (κ3) is 5.22. The number of benzene rings is 1. The monoisotopic (exact) mass is 434 g/mol. The number of hydrogen-bond acceptors (Lipinski definition) is 4. The summed E-state index contributed by atoms with van der Waals surface area (Å²) < 4.78 is 7.58. The minimum absolute atomic E-state index is 0.272. The lowest BCUT2D eigenvalue weighted by Gasteiger charge is -2.29. The van der Waals surface area contributed by atoms with Crippen LogP contribution in [0.3, 0.4) is 0 Å². The normalized spacial score (nSPS) is 15.8. The molecule has 32 heavy (non-hydrogen) atoms. The fraction of sp³-hybridized carbons (Fsp3) is 0.440. The van der Waals surface area contributed by atoms with Crippen molar-refractivity contribution in [3.05, 3.63) is 65.6 Å². The predicted molar refractivity (Wildman–Crippen MR) is 129 cm³/mol. The molecule has 0 spiro atoms. The lowest BCUT2D eigenvalue weighted by Crippen LogP contribution is -2.42. The zero-order chi connectivity index (χ0) is 22.3. The third-order valence-electron chi connectivity index (χ3n) is 6.01. The van der Waals surface area contributed by atoms with Gasteiger partial charge in [0.15, 0.2) is 5.96 Å². The van der Waals surface area contributed by atoms with Crippen LogP contribution in [0.1, 0.15) is 42.8 Å². The molecule has 1 atom stereocenters. The summed E-state index contributed by atoms with van der Waals surface area (Å²) in [5.74, 6) is 1.71. The second kappa shape index (κ2) is 10.5. The van der Waals surface area contributed by atoms with E-state index in [4.69, 9.17) is 14.7 Å². The zero-order valence-electron chi connectivity index (χ0n) is 19.3. The number of fused-ring (bicyclic) bond motifs is 1. The Labute approximate surface area is 190 Å². The first-order chi connectivity index (χ1) is 15.7. The highest BCUT2D eigenvalue weighted by Gasteiger charge is 2.24. The first-order valence-electron chi connectivity index (χ1n) is 11.5. The molecule has 1 aliphatic rings. The van der Waals surface area contributed by atoms with Crippen LogP contribution in [0, 0.1) is 6.92 Å². The van der Waals surface area contributed by atoms with Crippen molar-refractivity contribution in [1.82, 2.24) is 24.9 Å². The van der Waals surface area contributed by atoms with Gasteiger partial charge >= 0.3 is 0 Å². The highest BCUT2D eigenvalue weighted by molar-refractivity contribution is 5.79. The molecule has 2 N–H and O–H groups in total. The topological polar surface area (TPSA) is 66.2 Å². The molecule has 7 nitrogen and oxygen atoms in total. The van der Waals surface area contributed by atoms with Gasteiger partial charge in [-0.3, -0.25) is 4.90 Å². The number of aryl methyl sites for hydroxylation is 1. The van der Waals surface area contributed by atoms with Crippen LogP contribution in [0.4, 0.5) is 0 Å². The zero-order valence-corrected chi connectivity index (χ0v) is 19.3. The van der Waals surface area contributed by atoms with E-state index in [0.29, 0.717) is 6.54 Å². The molecule has 2 aromatic heterocycles. The highest BCUT2D eigenvalue weighted by Crippen LogP contribution is 2.27. The van der Waals surface area contributed by atoms with E-state index in [9.17, 15) is 0 Å². The number of aromatic nitrogens is 2. The van der Waals surface area contributed by atoms with E-state index in [1.165, 1.54) is 24.1 Å². The molecular formula is C25H34N6O. The Morgan fingerprint density at radius 3 is 2.72 bits per heavy atom. The standard InChI is InChI=1S/C25H34N6O/c1-4-26-25(27-16-21-18-31-19(2)9-7-12-24(31)29-21)28-17-23(30-13-5-6-14-30)20-10-8-11-22(15-20)32-3/h7-12,15,18,23H,4-6,13-14,16-17H2,1-3H3,(H2,26,27,28). The lowest BCUT2D eigenvalue weighted by atomic mass is 10.1. The maximum Gasteiger partial charge on any atom is 0.191 e. The van der Waals surface area contributed by atoms with E-state index in [0.717, 1.165) is 49.2 Å². The molecule has 0 radical (unpaired) electrons. The van der Waals surface area contributed by atoms with E-state index >= 15 is 0 Å². The van der Waals surface area contributed by atoms with Crippen molar-refractivity contribution in [3.8, 4) is 5.75 Å². The van der Waals surface area contributed by atoms with Crippen LogP contribution in [0.2, 0.25) is 0 Å². The number of methoxy groups -OCH3 is 1. The Morgan fingerprint density at radius 1 is 1.16 bits per heavy atom. The van der Waals surface area contributed by atoms with Crippen LogP contribution in [0.5, 0.6) is 5.75 Å². The molecule has 3 aromatic rings. The summed E-state index contributed by atoms with van der Waals surface area (Å²) in [6.07, 6.45) is 4.57. The Balaban J connectivity index is 1.48. The minimum atomic E-state index is 0.272. The first kappa shape index (κ1) is 22.1. The number of nitrogens with one attached hydrogen (secondary N) is 2. The molecule has 0 amide bonds. The molecule has 0 bridgehead atoms. The van der Waals surface area contributed by atoms with Gasteiger partial charge in [0.1, 0.15) is 11.4 Å². The van der Waals surface area contributed by atoms with Crippen molar-refractivity contribution in [2.24, 2.45) is 4.99 Å². The van der Waals surface area contributed by atoms with Crippen LogP contribution in [-0.4, -0.2) is 53.5 Å². The molecule has 1 fully saturated rings. The van der Waals surface area contributed by atoms with Gasteiger partial charge in [0.05, 0.1) is 25.4 Å². The SMILES string of the molecule is CCNC(=NCc1cn2c(C)cccc2n1)NCC(c1cccc(OC)c1)N1CCCC1. The van der Waals surface area contributed by atoms with Gasteiger partial charge in [-0.15, -0.1) is 0 Å². The number of ether oxygens (including phenoxy) is 1. The van der Waals surface area contributed by atoms with Crippen LogP contribution < -0.4 is 15.4 Å². The number of rotatable bonds is 8. The summed E-state index contributed by atoms with van der Waals surface area (Å²) in [4.78, 5) is 12.1. The van der Waals surface area contributed by atoms with E-state index in [1.807, 2.05) is 18.2 Å². The average molecular weight is 435 g/mol. The van der Waals surface area contributed by atoms with Gasteiger partial charge in [0, 0.05) is 25.0 Å². The first-order valence-corrected chi connectivity index (χ1v) is 11.5. The minimum Gasteiger partial charge on any atom is -0.497 e. The van der Waals surface area contributed by atoms with Gasteiger partial charge < -0.3 is 19.8 Å². The van der Waals surface area contributed by atoms with Gasteiger partial charge in [0.2, 0.25) is 0 Å². The third-order valence-corrected chi connectivity index (χ3v) is 6.01. The van der Waals surface area contributed by atoms with E-state index in [-0.39, 0.29) is 6.04 Å². The molecule has 1 aliphatic heterocycles. The van der Waals surface area contributed by atoms with Gasteiger partial charge in [-0.05, 0) is 69.6 Å². The van der Waals surface area contributed by atoms with Crippen molar-refractivity contribution < 1.29 is 4.74 Å². The van der Waals surface area contributed by atoms with E-state index in [2.05, 4.69) is 64.2 Å². The number of likely N-dealkylation sites (tertiary alicyclic amines) is 1. The van der Waals surface area contributed by atoms with Gasteiger partial charge in [-0.25, -0.2) is 9.98 Å². The van der Waals surface area contributed by atoms with Crippen molar-refractivity contribution in [2.45, 2.75) is 39.3 Å². The molecule has 3 heterocycles. The highest BCUT2D eigenvalue weighted by atomic mass is 16.5. The number of hydrogen-bond donors (Lipinski definition) is 2. The molecular weight excluding hydrogens is 400 g/mol. The number of imidazole rings is 1. The molecule has 1 aromatic carbocycles. The predicted octanol–water partition coefficient (Wildman–Crippen LogP) is 3.54. The van der Waals surface area contributed by atoms with Crippen LogP contribution >= 0.6 is 0 Å². The summed E-state index contributed by atoms with van der Waals surface area (Å²) in [6, 6.07) is 14.8. The maximum atomic E-state index is 5.47. The Kier molecular flexibility index (Phi) is 7.27. The van der Waals surface area contributed by atoms with E-state index < -0.39 is 0 Å². The summed E-state index contributed by atoms with van der Waals surface area (Å²) >= 11 is 0. The fourth-order valence-corrected chi connectivity index (χ4v) is 4.33. The Morgan fingerprint density at radius 2 is 1.97 bits per heavy atom. The maximum absolute atomic E-state index is 5.47. The quantitative estimate of drug-likeness (QED) is 0.419. The van der Waals surface area contributed by atoms with Crippen LogP contribution in [0.15, 0.2) is 53.7 Å². The lowest BCUT2D eigenvalue weighted by molar-refractivity contribution is 0.245. The van der Waals surface area contributed by atoms with Gasteiger partial charge in [0.25, 0.3) is 0 Å². The number of guanidine groups is 1. The fourth-order valence-electron chi connectivity index (χ4n) is 4.33. The second-order valence-electron chi connectivity index (χ2n) is 8.24. The van der Waals surface area contributed by atoms with Gasteiger partial charge in [-0.1, -0.05) is 18.2 Å². The summed E-state index contributed by atoms with van der Waals surface area (Å²) in [5.41, 5.74) is 4.35. The summed E-state index contributed by atoms with van der Waals surface area (Å²) in [7, 11) is 1.72. The Bertz CT molecular complexity index is 1050. The summed E-state index contributed by atoms with van der Waals surface area (Å²) in [6.45, 7) is 8.54. The number of nitrogens with zero attached hydrogens (tertiary/aromatic N) is 4. The molecule has 0 aliphatic carbocycles. The molecule has 1 unspecified atom stereocenters. The number of pyridine rings is 1. The largest absolute Gasteiger partial charge is 0.497 e. The smallest absolute Gasteiger partial charge is 0.191 e. The van der Waals surface area contributed by atoms with Crippen molar-refractivity contribution in [3.63, 3.8) is 0 Å². The molecule has 4 rings (SSSR count). The van der Waals surface area contributed by atoms with Crippen molar-refractivity contribution >= 4 is 11.6 Å². The van der Waals surface area contributed by atoms with Crippen molar-refractivity contribution in [1.29, 1.82) is 0 Å². The number of aliphatic imine (C=N–C) groups is 1. The average Bonchev–Trinajstić information content (AvgIpc) is 3.48. The van der Waals surface area contributed by atoms with Crippen LogP contribution in [0.25, 0.3) is 5.65 Å².